The monoisotopic (exact) mass is 399 g/mol. The molecular formula is C19H17N3O5S. The molecule has 0 unspecified atom stereocenters. The fourth-order valence-corrected chi connectivity index (χ4v) is 3.37. The van der Waals surface area contributed by atoms with Crippen LogP contribution in [0.3, 0.4) is 0 Å². The molecule has 1 aromatic heterocycles. The van der Waals surface area contributed by atoms with Crippen LogP contribution >= 0.6 is 11.3 Å². The predicted molar refractivity (Wildman–Crippen MR) is 105 cm³/mol. The van der Waals surface area contributed by atoms with E-state index in [9.17, 15) is 14.9 Å². The van der Waals surface area contributed by atoms with Crippen LogP contribution in [0.1, 0.15) is 12.6 Å². The maximum atomic E-state index is 12.2. The second-order valence-corrected chi connectivity index (χ2v) is 6.52. The van der Waals surface area contributed by atoms with Crippen LogP contribution in [-0.2, 0) is 11.4 Å². The zero-order valence-corrected chi connectivity index (χ0v) is 16.0. The van der Waals surface area contributed by atoms with E-state index in [4.69, 9.17) is 9.47 Å². The molecule has 0 aliphatic heterocycles. The van der Waals surface area contributed by atoms with Gasteiger partial charge in [0.1, 0.15) is 18.1 Å². The summed E-state index contributed by atoms with van der Waals surface area (Å²) in [5.74, 6) is 0.867. The van der Waals surface area contributed by atoms with Crippen molar-refractivity contribution < 1.29 is 19.2 Å². The number of anilines is 2. The SMILES string of the molecule is COc1ccccc1N(C(C)=O)c1nc(COc2ccc([N+](=O)[O-])cc2)cs1. The van der Waals surface area contributed by atoms with Crippen molar-refractivity contribution in [2.45, 2.75) is 13.5 Å². The van der Waals surface area contributed by atoms with Gasteiger partial charge in [-0.15, -0.1) is 11.3 Å². The largest absolute Gasteiger partial charge is 0.495 e. The zero-order chi connectivity index (χ0) is 20.1. The number of methoxy groups -OCH3 is 1. The van der Waals surface area contributed by atoms with Gasteiger partial charge in [0.05, 0.1) is 23.4 Å². The molecule has 3 aromatic rings. The lowest BCUT2D eigenvalue weighted by atomic mass is 10.2. The Kier molecular flexibility index (Phi) is 5.85. The number of thiazole rings is 1. The minimum absolute atomic E-state index is 0.00259. The van der Waals surface area contributed by atoms with E-state index < -0.39 is 4.92 Å². The number of hydrogen-bond acceptors (Lipinski definition) is 7. The quantitative estimate of drug-likeness (QED) is 0.434. The number of hydrogen-bond donors (Lipinski definition) is 0. The molecule has 0 aliphatic carbocycles. The van der Waals surface area contributed by atoms with E-state index in [1.807, 2.05) is 12.1 Å². The molecule has 0 saturated carbocycles. The molecule has 0 spiro atoms. The summed E-state index contributed by atoms with van der Waals surface area (Å²) in [5, 5.41) is 13.0. The molecule has 2 aromatic carbocycles. The van der Waals surface area contributed by atoms with E-state index >= 15 is 0 Å². The van der Waals surface area contributed by atoms with Crippen molar-refractivity contribution in [1.29, 1.82) is 0 Å². The number of non-ortho nitro benzene ring substituents is 1. The van der Waals surface area contributed by atoms with Crippen molar-refractivity contribution in [2.24, 2.45) is 0 Å². The number of benzene rings is 2. The fraction of sp³-hybridized carbons (Fsp3) is 0.158. The number of nitro groups is 1. The molecule has 0 radical (unpaired) electrons. The summed E-state index contributed by atoms with van der Waals surface area (Å²) in [4.78, 5) is 28.4. The molecule has 0 aliphatic rings. The standard InChI is InChI=1S/C19H17N3O5S/c1-13(23)21(17-5-3-4-6-18(17)26-2)19-20-14(12-28-19)11-27-16-9-7-15(8-10-16)22(24)25/h3-10,12H,11H2,1-2H3. The molecule has 0 atom stereocenters. The van der Waals surface area contributed by atoms with Crippen LogP contribution < -0.4 is 14.4 Å². The van der Waals surface area contributed by atoms with Crippen LogP contribution in [0.2, 0.25) is 0 Å². The number of nitrogens with zero attached hydrogens (tertiary/aromatic N) is 3. The normalized spacial score (nSPS) is 10.4. The molecule has 1 heterocycles. The van der Waals surface area contributed by atoms with Crippen molar-refractivity contribution in [1.82, 2.24) is 4.98 Å². The summed E-state index contributed by atoms with van der Waals surface area (Å²) in [5.41, 5.74) is 1.24. The topological polar surface area (TPSA) is 94.8 Å². The van der Waals surface area contributed by atoms with Gasteiger partial charge in [0, 0.05) is 24.4 Å². The first-order valence-corrected chi connectivity index (χ1v) is 9.13. The Morgan fingerprint density at radius 3 is 2.57 bits per heavy atom. The third-order valence-electron chi connectivity index (χ3n) is 3.81. The summed E-state index contributed by atoms with van der Waals surface area (Å²) in [7, 11) is 1.54. The Hall–Kier alpha value is -3.46. The lowest BCUT2D eigenvalue weighted by Crippen LogP contribution is -2.23. The highest BCUT2D eigenvalue weighted by Gasteiger charge is 2.21. The minimum atomic E-state index is -0.468. The highest BCUT2D eigenvalue weighted by atomic mass is 32.1. The van der Waals surface area contributed by atoms with Crippen LogP contribution in [-0.4, -0.2) is 22.9 Å². The molecule has 3 rings (SSSR count). The summed E-state index contributed by atoms with van der Waals surface area (Å²) in [6.07, 6.45) is 0. The van der Waals surface area contributed by atoms with E-state index in [0.29, 0.717) is 28.0 Å². The molecule has 0 bridgehead atoms. The van der Waals surface area contributed by atoms with Gasteiger partial charge in [-0.1, -0.05) is 12.1 Å². The van der Waals surface area contributed by atoms with E-state index in [2.05, 4.69) is 4.98 Å². The second-order valence-electron chi connectivity index (χ2n) is 5.69. The Morgan fingerprint density at radius 1 is 1.21 bits per heavy atom. The Balaban J connectivity index is 1.76. The average Bonchev–Trinajstić information content (AvgIpc) is 3.15. The smallest absolute Gasteiger partial charge is 0.269 e. The van der Waals surface area contributed by atoms with Gasteiger partial charge >= 0.3 is 0 Å². The molecular weight excluding hydrogens is 382 g/mol. The fourth-order valence-electron chi connectivity index (χ4n) is 2.51. The second kappa shape index (κ2) is 8.49. The number of nitro benzene ring substituents is 1. The van der Waals surface area contributed by atoms with E-state index in [1.54, 1.807) is 24.6 Å². The van der Waals surface area contributed by atoms with E-state index in [-0.39, 0.29) is 18.2 Å². The van der Waals surface area contributed by atoms with Gasteiger partial charge in [-0.25, -0.2) is 4.98 Å². The number of rotatable bonds is 7. The summed E-state index contributed by atoms with van der Waals surface area (Å²) >= 11 is 1.31. The summed E-state index contributed by atoms with van der Waals surface area (Å²) in [6.45, 7) is 1.63. The third-order valence-corrected chi connectivity index (χ3v) is 4.68. The molecule has 1 amide bonds. The number of para-hydroxylation sites is 2. The highest BCUT2D eigenvalue weighted by molar-refractivity contribution is 7.14. The molecule has 144 valence electrons. The molecule has 8 nitrogen and oxygen atoms in total. The first kappa shape index (κ1) is 19.3. The van der Waals surface area contributed by atoms with E-state index in [0.717, 1.165) is 0 Å². The maximum Gasteiger partial charge on any atom is 0.269 e. The van der Waals surface area contributed by atoms with Gasteiger partial charge in [0.25, 0.3) is 5.69 Å². The Morgan fingerprint density at radius 2 is 1.93 bits per heavy atom. The lowest BCUT2D eigenvalue weighted by Gasteiger charge is -2.20. The summed E-state index contributed by atoms with van der Waals surface area (Å²) < 4.78 is 11.0. The number of aromatic nitrogens is 1. The molecule has 0 N–H and O–H groups in total. The zero-order valence-electron chi connectivity index (χ0n) is 15.2. The molecule has 0 saturated heterocycles. The minimum Gasteiger partial charge on any atom is -0.495 e. The van der Waals surface area contributed by atoms with Crippen molar-refractivity contribution >= 4 is 33.8 Å². The first-order chi connectivity index (χ1) is 13.5. The summed E-state index contributed by atoms with van der Waals surface area (Å²) in [6, 6.07) is 13.0. The lowest BCUT2D eigenvalue weighted by molar-refractivity contribution is -0.384. The van der Waals surface area contributed by atoms with Crippen LogP contribution in [0.5, 0.6) is 11.5 Å². The van der Waals surface area contributed by atoms with Crippen molar-refractivity contribution in [3.05, 3.63) is 69.7 Å². The van der Waals surface area contributed by atoms with Crippen LogP contribution in [0.25, 0.3) is 0 Å². The number of carbonyl (C=O) groups excluding carboxylic acids is 1. The van der Waals surface area contributed by atoms with Crippen molar-refractivity contribution in [3.63, 3.8) is 0 Å². The van der Waals surface area contributed by atoms with Gasteiger partial charge in [-0.3, -0.25) is 19.8 Å². The first-order valence-electron chi connectivity index (χ1n) is 8.25. The number of ether oxygens (including phenoxy) is 2. The van der Waals surface area contributed by atoms with Gasteiger partial charge in [0.15, 0.2) is 5.13 Å². The molecule has 9 heteroatoms. The van der Waals surface area contributed by atoms with Crippen molar-refractivity contribution in [2.75, 3.05) is 12.0 Å². The third kappa shape index (κ3) is 4.26. The highest BCUT2D eigenvalue weighted by Crippen LogP contribution is 2.35. The van der Waals surface area contributed by atoms with E-state index in [1.165, 1.54) is 47.4 Å². The number of carbonyl (C=O) groups is 1. The van der Waals surface area contributed by atoms with Crippen LogP contribution in [0.4, 0.5) is 16.5 Å². The number of amides is 1. The van der Waals surface area contributed by atoms with Gasteiger partial charge in [-0.05, 0) is 24.3 Å². The Labute approximate surface area is 165 Å². The van der Waals surface area contributed by atoms with Crippen LogP contribution in [0.15, 0.2) is 53.9 Å². The average molecular weight is 399 g/mol. The molecule has 28 heavy (non-hydrogen) atoms. The van der Waals surface area contributed by atoms with Gasteiger partial charge in [0.2, 0.25) is 5.91 Å². The van der Waals surface area contributed by atoms with Gasteiger partial charge < -0.3 is 9.47 Å². The van der Waals surface area contributed by atoms with Crippen LogP contribution in [0, 0.1) is 10.1 Å². The van der Waals surface area contributed by atoms with Crippen molar-refractivity contribution in [3.8, 4) is 11.5 Å². The predicted octanol–water partition coefficient (Wildman–Crippen LogP) is 4.32. The Bertz CT molecular complexity index is 987. The van der Waals surface area contributed by atoms with Gasteiger partial charge in [-0.2, -0.15) is 0 Å². The molecule has 0 fully saturated rings. The maximum absolute atomic E-state index is 12.2.